The van der Waals surface area contributed by atoms with Crippen LogP contribution < -0.4 is 0 Å². The van der Waals surface area contributed by atoms with E-state index >= 15 is 0 Å². The first-order valence-electron chi connectivity index (χ1n) is 6.03. The maximum absolute atomic E-state index is 4.73. The molecule has 0 nitrogen and oxygen atoms in total. The number of halogens is 2. The van der Waals surface area contributed by atoms with Crippen molar-refractivity contribution in [3.63, 3.8) is 0 Å². The van der Waals surface area contributed by atoms with Crippen molar-refractivity contribution in [1.29, 1.82) is 0 Å². The Hall–Kier alpha value is 1.95. The Morgan fingerprint density at radius 1 is 0.588 bits per heavy atom. The molecular formula is C12H30Cl2CoP2. The summed E-state index contributed by atoms with van der Waals surface area (Å²) in [6.45, 7) is 18.2. The molecule has 0 bridgehead atoms. The van der Waals surface area contributed by atoms with E-state index in [0.29, 0.717) is 12.9 Å². The SMILES string of the molecule is CC(C)PC(C)C.CC(C)PC(C)C.[Cl][Co][Cl]. The van der Waals surface area contributed by atoms with Gasteiger partial charge in [-0.3, -0.25) is 0 Å². The van der Waals surface area contributed by atoms with E-state index in [2.05, 4.69) is 55.4 Å². The van der Waals surface area contributed by atoms with E-state index in [0.717, 1.165) is 39.8 Å². The molecular weight excluding hydrogens is 336 g/mol. The van der Waals surface area contributed by atoms with Gasteiger partial charge in [-0.25, -0.2) is 0 Å². The molecule has 0 atom stereocenters. The van der Waals surface area contributed by atoms with Gasteiger partial charge in [-0.1, -0.05) is 55.4 Å². The third-order valence-electron chi connectivity index (χ3n) is 1.33. The molecule has 0 saturated carbocycles. The summed E-state index contributed by atoms with van der Waals surface area (Å²) in [4.78, 5) is 0. The topological polar surface area (TPSA) is 0 Å². The molecule has 0 heterocycles. The zero-order valence-electron chi connectivity index (χ0n) is 12.4. The average Bonchev–Trinajstić information content (AvgIpc) is 1.99. The molecule has 111 valence electrons. The number of rotatable bonds is 4. The molecule has 0 unspecified atom stereocenters. The molecule has 0 fully saturated rings. The zero-order valence-corrected chi connectivity index (χ0v) is 17.0. The van der Waals surface area contributed by atoms with Crippen molar-refractivity contribution in [2.75, 3.05) is 0 Å². The van der Waals surface area contributed by atoms with E-state index in [1.165, 1.54) is 0 Å². The molecule has 0 amide bonds. The molecule has 0 saturated heterocycles. The second-order valence-corrected chi connectivity index (χ2v) is 12.0. The van der Waals surface area contributed by atoms with E-state index < -0.39 is 0 Å². The fourth-order valence-electron chi connectivity index (χ4n) is 1.33. The summed E-state index contributed by atoms with van der Waals surface area (Å²) >= 11 is 0.382. The van der Waals surface area contributed by atoms with Gasteiger partial charge >= 0.3 is 33.2 Å². The average molecular weight is 366 g/mol. The Morgan fingerprint density at radius 3 is 0.706 bits per heavy atom. The third-order valence-corrected chi connectivity index (χ3v) is 4.00. The van der Waals surface area contributed by atoms with Gasteiger partial charge in [0, 0.05) is 0 Å². The number of hydrogen-bond donors (Lipinski definition) is 0. The molecule has 0 aromatic carbocycles. The van der Waals surface area contributed by atoms with Gasteiger partial charge in [0.15, 0.2) is 0 Å². The summed E-state index contributed by atoms with van der Waals surface area (Å²) in [5.41, 5.74) is 3.61. The minimum atomic E-state index is 0.382. The Morgan fingerprint density at radius 2 is 0.706 bits per heavy atom. The predicted octanol–water partition coefficient (Wildman–Crippen LogP) is 6.34. The van der Waals surface area contributed by atoms with Crippen molar-refractivity contribution in [2.24, 2.45) is 0 Å². The third kappa shape index (κ3) is 46.1. The standard InChI is InChI=1S/2C6H15P.2ClH.Co/c2*1-5(2)7-6(3)4;;;/h2*5-7H,1-4H3;2*1H;/q;;;;+2/p-2. The summed E-state index contributed by atoms with van der Waals surface area (Å²) < 4.78 is 0. The first-order valence-corrected chi connectivity index (χ1v) is 11.2. The molecule has 0 aliphatic carbocycles. The molecule has 0 aliphatic rings. The van der Waals surface area contributed by atoms with Crippen molar-refractivity contribution in [3.8, 4) is 0 Å². The van der Waals surface area contributed by atoms with Crippen LogP contribution in [0.2, 0.25) is 0 Å². The fourth-order valence-corrected chi connectivity index (χ4v) is 4.00. The van der Waals surface area contributed by atoms with Crippen LogP contribution in [0.25, 0.3) is 0 Å². The van der Waals surface area contributed by atoms with Gasteiger partial charge in [-0.2, -0.15) is 0 Å². The predicted molar refractivity (Wildman–Crippen MR) is 88.9 cm³/mol. The quantitative estimate of drug-likeness (QED) is 0.510. The molecule has 0 radical (unpaired) electrons. The van der Waals surface area contributed by atoms with Crippen LogP contribution in [-0.4, -0.2) is 22.6 Å². The van der Waals surface area contributed by atoms with E-state index in [1.807, 2.05) is 0 Å². The molecule has 0 aromatic rings. The Labute approximate surface area is 128 Å². The van der Waals surface area contributed by atoms with Crippen molar-refractivity contribution in [1.82, 2.24) is 0 Å². The molecule has 0 spiro atoms. The van der Waals surface area contributed by atoms with Crippen LogP contribution in [0.5, 0.6) is 0 Å². The van der Waals surface area contributed by atoms with Crippen LogP contribution in [0.15, 0.2) is 0 Å². The Kier molecular flexibility index (Phi) is 25.3. The van der Waals surface area contributed by atoms with Crippen molar-refractivity contribution in [2.45, 2.75) is 78.0 Å². The molecule has 0 N–H and O–H groups in total. The van der Waals surface area contributed by atoms with Crippen LogP contribution in [0, 0.1) is 0 Å². The van der Waals surface area contributed by atoms with E-state index in [1.54, 1.807) is 0 Å². The monoisotopic (exact) mass is 365 g/mol. The Bertz CT molecular complexity index is 106. The van der Waals surface area contributed by atoms with Crippen LogP contribution >= 0.6 is 37.5 Å². The molecule has 5 heteroatoms. The summed E-state index contributed by atoms with van der Waals surface area (Å²) in [5, 5.41) is 0. The van der Waals surface area contributed by atoms with E-state index in [-0.39, 0.29) is 0 Å². The first-order chi connectivity index (χ1) is 7.67. The van der Waals surface area contributed by atoms with Gasteiger partial charge in [0.1, 0.15) is 0 Å². The van der Waals surface area contributed by atoms with Crippen LogP contribution in [0.4, 0.5) is 0 Å². The second-order valence-electron chi connectivity index (χ2n) is 5.00. The van der Waals surface area contributed by atoms with Gasteiger partial charge < -0.3 is 0 Å². The maximum atomic E-state index is 4.73. The zero-order chi connectivity index (χ0) is 14.4. The molecule has 0 aromatic heterocycles. The van der Waals surface area contributed by atoms with Crippen LogP contribution in [0.3, 0.4) is 0 Å². The Balaban J connectivity index is -0.000000188. The van der Waals surface area contributed by atoms with Crippen molar-refractivity contribution in [3.05, 3.63) is 0 Å². The van der Waals surface area contributed by atoms with Gasteiger partial charge in [0.2, 0.25) is 0 Å². The summed E-state index contributed by atoms with van der Waals surface area (Å²) in [6.07, 6.45) is 0. The van der Waals surface area contributed by atoms with E-state index in [4.69, 9.17) is 20.3 Å². The minimum absolute atomic E-state index is 0.382. The van der Waals surface area contributed by atoms with Gasteiger partial charge in [-0.05, 0) is 22.6 Å². The summed E-state index contributed by atoms with van der Waals surface area (Å²) in [5.74, 6) is 0. The number of hydrogen-bond acceptors (Lipinski definition) is 0. The van der Waals surface area contributed by atoms with Gasteiger partial charge in [0.05, 0.1) is 0 Å². The molecule has 17 heavy (non-hydrogen) atoms. The second kappa shape index (κ2) is 17.9. The normalized spacial score (nSPS) is 10.5. The summed E-state index contributed by atoms with van der Waals surface area (Å²) in [6, 6.07) is 0. The van der Waals surface area contributed by atoms with Crippen molar-refractivity contribution >= 4 is 37.5 Å². The summed E-state index contributed by atoms with van der Waals surface area (Å²) in [7, 11) is 11.8. The van der Waals surface area contributed by atoms with Crippen LogP contribution in [-0.2, 0) is 12.9 Å². The van der Waals surface area contributed by atoms with Crippen molar-refractivity contribution < 1.29 is 12.9 Å². The molecule has 0 rings (SSSR count). The van der Waals surface area contributed by atoms with Gasteiger partial charge in [-0.15, -0.1) is 17.2 Å². The van der Waals surface area contributed by atoms with E-state index in [9.17, 15) is 0 Å². The van der Waals surface area contributed by atoms with Gasteiger partial charge in [0.25, 0.3) is 0 Å². The molecule has 0 aliphatic heterocycles. The fraction of sp³-hybridized carbons (Fsp3) is 1.00. The first kappa shape index (κ1) is 24.0. The van der Waals surface area contributed by atoms with Crippen LogP contribution in [0.1, 0.15) is 55.4 Å².